The Morgan fingerprint density at radius 1 is 1.21 bits per heavy atom. The van der Waals surface area contributed by atoms with Gasteiger partial charge in [-0.05, 0) is 24.3 Å². The molecule has 1 atom stereocenters. The summed E-state index contributed by atoms with van der Waals surface area (Å²) in [4.78, 5) is 18.2. The highest BCUT2D eigenvalue weighted by Gasteiger charge is 2.24. The Morgan fingerprint density at radius 2 is 1.97 bits per heavy atom. The number of ether oxygens (including phenoxy) is 2. The molecule has 9 heteroatoms. The molecule has 29 heavy (non-hydrogen) atoms. The summed E-state index contributed by atoms with van der Waals surface area (Å²) in [6.45, 7) is 0.870. The van der Waals surface area contributed by atoms with Crippen LogP contribution in [0.1, 0.15) is 0 Å². The minimum atomic E-state index is -0.197. The van der Waals surface area contributed by atoms with E-state index in [1.54, 1.807) is 24.3 Å². The largest absolute Gasteiger partial charge is 0.486 e. The van der Waals surface area contributed by atoms with Crippen LogP contribution in [0.25, 0.3) is 11.4 Å². The number of hydrogen-bond donors (Lipinski definition) is 0. The predicted octanol–water partition coefficient (Wildman–Crippen LogP) is 2.27. The molecule has 3 heterocycles. The number of pyridine rings is 1. The lowest BCUT2D eigenvalue weighted by molar-refractivity contribution is -0.128. The summed E-state index contributed by atoms with van der Waals surface area (Å²) >= 11 is 1.36. The maximum Gasteiger partial charge on any atom is 0.232 e. The number of carbonyl (C=O) groups is 1. The zero-order valence-electron chi connectivity index (χ0n) is 16.2. The zero-order valence-corrected chi connectivity index (χ0v) is 17.0. The highest BCUT2D eigenvalue weighted by molar-refractivity contribution is 7.99. The molecule has 150 valence electrons. The van der Waals surface area contributed by atoms with Crippen molar-refractivity contribution in [2.24, 2.45) is 7.05 Å². The molecule has 3 aromatic rings. The number of rotatable bonds is 6. The van der Waals surface area contributed by atoms with Crippen molar-refractivity contribution in [1.82, 2.24) is 24.6 Å². The van der Waals surface area contributed by atoms with Crippen LogP contribution in [0, 0.1) is 0 Å². The van der Waals surface area contributed by atoms with E-state index >= 15 is 0 Å². The average Bonchev–Trinajstić information content (AvgIpc) is 3.12. The summed E-state index contributed by atoms with van der Waals surface area (Å²) in [6.07, 6.45) is 3.23. The third kappa shape index (κ3) is 4.34. The SMILES string of the molecule is CN(CC1COc2ccccc2O1)C(=O)CSc1nnc(-c2ccncc2)n1C. The van der Waals surface area contributed by atoms with Gasteiger partial charge in [0.25, 0.3) is 0 Å². The second kappa shape index (κ2) is 8.52. The van der Waals surface area contributed by atoms with Gasteiger partial charge >= 0.3 is 0 Å². The van der Waals surface area contributed by atoms with E-state index < -0.39 is 0 Å². The summed E-state index contributed by atoms with van der Waals surface area (Å²) in [5.41, 5.74) is 0.931. The van der Waals surface area contributed by atoms with Crippen LogP contribution < -0.4 is 9.47 Å². The third-order valence-corrected chi connectivity index (χ3v) is 5.57. The number of aromatic nitrogens is 4. The monoisotopic (exact) mass is 411 g/mol. The minimum Gasteiger partial charge on any atom is -0.486 e. The first-order valence-corrected chi connectivity index (χ1v) is 10.2. The summed E-state index contributed by atoms with van der Waals surface area (Å²) in [5, 5.41) is 9.12. The van der Waals surface area contributed by atoms with Gasteiger partial charge in [0.1, 0.15) is 6.61 Å². The predicted molar refractivity (Wildman–Crippen MR) is 109 cm³/mol. The molecule has 0 bridgehead atoms. The van der Waals surface area contributed by atoms with Gasteiger partial charge in [0, 0.05) is 32.1 Å². The Morgan fingerprint density at radius 3 is 2.76 bits per heavy atom. The smallest absolute Gasteiger partial charge is 0.232 e. The summed E-state index contributed by atoms with van der Waals surface area (Å²) in [7, 11) is 3.66. The molecular weight excluding hydrogens is 390 g/mol. The molecule has 0 spiro atoms. The van der Waals surface area contributed by atoms with Crippen molar-refractivity contribution < 1.29 is 14.3 Å². The number of amides is 1. The highest BCUT2D eigenvalue weighted by Crippen LogP contribution is 2.31. The molecule has 4 rings (SSSR count). The van der Waals surface area contributed by atoms with E-state index in [1.165, 1.54) is 11.8 Å². The van der Waals surface area contributed by atoms with Gasteiger partial charge in [0.2, 0.25) is 5.91 Å². The van der Waals surface area contributed by atoms with E-state index in [1.807, 2.05) is 48.0 Å². The van der Waals surface area contributed by atoms with Crippen LogP contribution >= 0.6 is 11.8 Å². The van der Waals surface area contributed by atoms with Gasteiger partial charge in [0.05, 0.1) is 12.3 Å². The topological polar surface area (TPSA) is 82.4 Å². The number of nitrogens with zero attached hydrogens (tertiary/aromatic N) is 5. The van der Waals surface area contributed by atoms with Crippen LogP contribution in [0.2, 0.25) is 0 Å². The lowest BCUT2D eigenvalue weighted by Gasteiger charge is -2.29. The molecule has 2 aromatic heterocycles. The molecule has 0 aliphatic carbocycles. The van der Waals surface area contributed by atoms with Gasteiger partial charge in [-0.15, -0.1) is 10.2 Å². The van der Waals surface area contributed by atoms with E-state index in [9.17, 15) is 4.79 Å². The van der Waals surface area contributed by atoms with Crippen molar-refractivity contribution in [1.29, 1.82) is 0 Å². The van der Waals surface area contributed by atoms with E-state index in [-0.39, 0.29) is 17.8 Å². The molecule has 0 saturated heterocycles. The Hall–Kier alpha value is -3.07. The maximum absolute atomic E-state index is 12.6. The van der Waals surface area contributed by atoms with E-state index in [4.69, 9.17) is 9.47 Å². The number of likely N-dealkylation sites (N-methyl/N-ethyl adjacent to an activating group) is 1. The van der Waals surface area contributed by atoms with Crippen LogP contribution in [-0.4, -0.2) is 62.6 Å². The molecule has 0 N–H and O–H groups in total. The fourth-order valence-corrected chi connectivity index (χ4v) is 3.84. The number of benzene rings is 1. The number of para-hydroxylation sites is 2. The first-order chi connectivity index (χ1) is 14.1. The second-order valence-corrected chi connectivity index (χ2v) is 7.60. The van der Waals surface area contributed by atoms with Crippen LogP contribution in [-0.2, 0) is 11.8 Å². The molecule has 1 aromatic carbocycles. The van der Waals surface area contributed by atoms with Gasteiger partial charge in [-0.2, -0.15) is 0 Å². The van der Waals surface area contributed by atoms with Crippen molar-refractivity contribution in [3.8, 4) is 22.9 Å². The summed E-state index contributed by atoms with van der Waals surface area (Å²) < 4.78 is 13.5. The highest BCUT2D eigenvalue weighted by atomic mass is 32.2. The number of fused-ring (bicyclic) bond motifs is 1. The normalized spacial score (nSPS) is 15.2. The Bertz CT molecular complexity index is 995. The van der Waals surface area contributed by atoms with Gasteiger partial charge in [-0.1, -0.05) is 23.9 Å². The van der Waals surface area contributed by atoms with Gasteiger partial charge in [-0.3, -0.25) is 9.78 Å². The second-order valence-electron chi connectivity index (χ2n) is 6.66. The van der Waals surface area contributed by atoms with E-state index in [2.05, 4.69) is 15.2 Å². The standard InChI is InChI=1S/C20H21N5O3S/c1-24(11-15-12-27-16-5-3-4-6-17(16)28-15)18(26)13-29-20-23-22-19(25(20)2)14-7-9-21-10-8-14/h3-10,15H,11-13H2,1-2H3. The number of carbonyl (C=O) groups excluding carboxylic acids is 1. The molecule has 1 unspecified atom stereocenters. The third-order valence-electron chi connectivity index (χ3n) is 4.57. The fraction of sp³-hybridized carbons (Fsp3) is 0.300. The summed E-state index contributed by atoms with van der Waals surface area (Å²) in [5.74, 6) is 2.44. The molecule has 1 amide bonds. The van der Waals surface area contributed by atoms with Crippen molar-refractivity contribution in [2.75, 3.05) is 26.0 Å². The lowest BCUT2D eigenvalue weighted by Crippen LogP contribution is -2.42. The number of thioether (sulfide) groups is 1. The van der Waals surface area contributed by atoms with E-state index in [0.29, 0.717) is 24.1 Å². The summed E-state index contributed by atoms with van der Waals surface area (Å²) in [6, 6.07) is 11.3. The van der Waals surface area contributed by atoms with E-state index in [0.717, 1.165) is 17.1 Å². The average molecular weight is 411 g/mol. The van der Waals surface area contributed by atoms with Gasteiger partial charge < -0.3 is 18.9 Å². The molecular formula is C20H21N5O3S. The Kier molecular flexibility index (Phi) is 5.66. The van der Waals surface area contributed by atoms with Crippen LogP contribution in [0.4, 0.5) is 0 Å². The quantitative estimate of drug-likeness (QED) is 0.576. The van der Waals surface area contributed by atoms with Crippen LogP contribution in [0.5, 0.6) is 11.5 Å². The lowest BCUT2D eigenvalue weighted by atomic mass is 10.2. The van der Waals surface area contributed by atoms with Gasteiger partial charge in [0.15, 0.2) is 28.6 Å². The molecule has 0 saturated carbocycles. The van der Waals surface area contributed by atoms with Crippen molar-refractivity contribution in [2.45, 2.75) is 11.3 Å². The molecule has 8 nitrogen and oxygen atoms in total. The Labute approximate surface area is 172 Å². The maximum atomic E-state index is 12.6. The molecule has 0 fully saturated rings. The van der Waals surface area contributed by atoms with Crippen LogP contribution in [0.15, 0.2) is 53.9 Å². The molecule has 1 aliphatic rings. The van der Waals surface area contributed by atoms with Crippen molar-refractivity contribution in [3.05, 3.63) is 48.8 Å². The minimum absolute atomic E-state index is 0.00841. The molecule has 0 radical (unpaired) electrons. The zero-order chi connectivity index (χ0) is 20.2. The first-order valence-electron chi connectivity index (χ1n) is 9.17. The van der Waals surface area contributed by atoms with Gasteiger partial charge in [-0.25, -0.2) is 0 Å². The van der Waals surface area contributed by atoms with Crippen molar-refractivity contribution in [3.63, 3.8) is 0 Å². The first kappa shape index (κ1) is 19.3. The van der Waals surface area contributed by atoms with Crippen LogP contribution in [0.3, 0.4) is 0 Å². The Balaban J connectivity index is 1.32. The van der Waals surface area contributed by atoms with Crippen molar-refractivity contribution >= 4 is 17.7 Å². The fourth-order valence-electron chi connectivity index (χ4n) is 2.99. The number of hydrogen-bond acceptors (Lipinski definition) is 7. The molecule has 1 aliphatic heterocycles.